The van der Waals surface area contributed by atoms with Crippen LogP contribution in [0.4, 0.5) is 0 Å². The molecule has 0 saturated carbocycles. The van der Waals surface area contributed by atoms with Crippen LogP contribution in [0.15, 0.2) is 141 Å². The first-order valence-corrected chi connectivity index (χ1v) is 21.8. The van der Waals surface area contributed by atoms with Gasteiger partial charge in [-0.25, -0.2) is 56.5 Å². The lowest BCUT2D eigenvalue weighted by molar-refractivity contribution is -0.695. The summed E-state index contributed by atoms with van der Waals surface area (Å²) >= 11 is 0. The summed E-state index contributed by atoms with van der Waals surface area (Å²) in [4.78, 5) is 22.4. The summed E-state index contributed by atoms with van der Waals surface area (Å²) in [7, 11) is 0. The molecule has 8 bridgehead atoms. The minimum Gasteiger partial charge on any atom is -0.247 e. The number of imidazole rings is 4. The van der Waals surface area contributed by atoms with Gasteiger partial charge < -0.3 is 0 Å². The maximum atomic E-state index is 5.59. The average Bonchev–Trinajstić information content (AvgIpc) is 4.13. The van der Waals surface area contributed by atoms with E-state index in [0.29, 0.717) is 0 Å². The Balaban J connectivity index is 1.43. The van der Waals surface area contributed by atoms with Crippen molar-refractivity contribution in [1.29, 1.82) is 0 Å². The Morgan fingerprint density at radius 3 is 0.733 bits per heavy atom. The zero-order valence-electron chi connectivity index (χ0n) is 36.3. The predicted octanol–water partition coefficient (Wildman–Crippen LogP) is 6.20. The van der Waals surface area contributed by atoms with E-state index in [-0.39, 0.29) is 0 Å². The summed E-state index contributed by atoms with van der Waals surface area (Å²) in [6.07, 6.45) is 34.7. The molecule has 0 saturated heterocycles. The smallest absolute Gasteiger partial charge is 0.247 e. The van der Waals surface area contributed by atoms with Crippen LogP contribution >= 0.6 is 0 Å². The second kappa shape index (κ2) is 15.9. The van der Waals surface area contributed by atoms with Gasteiger partial charge in [-0.15, -0.1) is 0 Å². The normalized spacial score (nSPS) is 17.1. The number of hydrogen-bond acceptors (Lipinski definition) is 4. The number of nitrogens with zero attached hydrogens (tertiary/aromatic N) is 12. The molecule has 4 aromatic heterocycles. The van der Waals surface area contributed by atoms with Gasteiger partial charge in [-0.3, -0.25) is 0 Å². The van der Waals surface area contributed by atoms with Crippen LogP contribution in [0, 0.1) is 0 Å². The Kier molecular flexibility index (Phi) is 10.3. The molecule has 0 aromatic carbocycles. The number of allylic oxidation sites excluding steroid dienone is 12. The van der Waals surface area contributed by atoms with Crippen molar-refractivity contribution in [2.24, 2.45) is 20.0 Å². The lowest BCUT2D eigenvalue weighted by atomic mass is 10.1. The van der Waals surface area contributed by atoms with E-state index in [9.17, 15) is 0 Å². The highest BCUT2D eigenvalue weighted by molar-refractivity contribution is 6.38. The number of fused-ring (bicyclic) bond motifs is 4. The summed E-state index contributed by atoms with van der Waals surface area (Å²) in [6, 6.07) is 0. The third kappa shape index (κ3) is 6.19. The molecule has 0 spiro atoms. The molecule has 60 heavy (non-hydrogen) atoms. The van der Waals surface area contributed by atoms with Crippen molar-refractivity contribution in [3.8, 4) is 0 Å². The molecule has 4 aromatic rings. The average molecular weight is 801 g/mol. The summed E-state index contributed by atoms with van der Waals surface area (Å²) in [5.41, 5.74) is 10.9. The van der Waals surface area contributed by atoms with Gasteiger partial charge >= 0.3 is 0 Å². The molecule has 0 fully saturated rings. The third-order valence-corrected chi connectivity index (χ3v) is 12.1. The van der Waals surface area contributed by atoms with Gasteiger partial charge in [-0.2, -0.15) is 0 Å². The highest BCUT2D eigenvalue weighted by Crippen LogP contribution is 2.37. The molecule has 0 N–H and O–H groups in total. The zero-order valence-corrected chi connectivity index (χ0v) is 36.3. The van der Waals surface area contributed by atoms with Crippen molar-refractivity contribution >= 4 is 45.1 Å². The van der Waals surface area contributed by atoms with Gasteiger partial charge in [0.05, 0.1) is 98.0 Å². The van der Waals surface area contributed by atoms with E-state index in [0.717, 1.165) is 144 Å². The first-order valence-electron chi connectivity index (χ1n) is 21.8. The molecule has 5 aliphatic heterocycles. The third-order valence-electron chi connectivity index (χ3n) is 12.1. The monoisotopic (exact) mass is 800 g/mol. The number of aliphatic imine (C=N–C) groups is 4. The zero-order chi connectivity index (χ0) is 41.7. The van der Waals surface area contributed by atoms with Crippen LogP contribution in [0.3, 0.4) is 0 Å². The Morgan fingerprint density at radius 1 is 0.333 bits per heavy atom. The Labute approximate surface area is 352 Å². The number of hydrogen-bond donors (Lipinski definition) is 0. The van der Waals surface area contributed by atoms with Crippen molar-refractivity contribution < 1.29 is 18.3 Å². The number of aryl methyl sites for hydroxylation is 8. The molecule has 9 rings (SSSR count). The van der Waals surface area contributed by atoms with E-state index in [1.807, 2.05) is 0 Å². The van der Waals surface area contributed by atoms with Crippen LogP contribution < -0.4 is 18.3 Å². The molecular formula is C48H56N12+4. The summed E-state index contributed by atoms with van der Waals surface area (Å²) < 4.78 is 18.4. The Bertz CT molecular complexity index is 2360. The summed E-state index contributed by atoms with van der Waals surface area (Å²) in [5.74, 6) is 4.29. The van der Waals surface area contributed by atoms with Gasteiger partial charge in [0, 0.05) is 0 Å². The van der Waals surface area contributed by atoms with Gasteiger partial charge in [0.15, 0.2) is 0 Å². The molecule has 12 nitrogen and oxygen atoms in total. The van der Waals surface area contributed by atoms with Crippen LogP contribution in [-0.4, -0.2) is 41.1 Å². The summed E-state index contributed by atoms with van der Waals surface area (Å²) in [6.45, 7) is 24.0. The molecule has 5 aliphatic rings. The second-order valence-electron chi connectivity index (χ2n) is 15.1. The molecule has 0 radical (unpaired) electrons. The van der Waals surface area contributed by atoms with E-state index in [1.165, 1.54) is 0 Å². The summed E-state index contributed by atoms with van der Waals surface area (Å²) in [5, 5.41) is 0. The van der Waals surface area contributed by atoms with Crippen molar-refractivity contribution in [3.05, 3.63) is 144 Å². The molecule has 0 atom stereocenters. The van der Waals surface area contributed by atoms with Gasteiger partial charge in [-0.1, -0.05) is 0 Å². The number of aromatic nitrogens is 8. The SMILES string of the molecule is CCn1cc[n+](CC)c1C1=C2C=CC(=N2)C(c2n(CC)cc[n+]2CC)=C2C=CC(=N2)C(c2n(CC)cc[n+]2CC)=C2C=CC(=N2)C(c2n(CC)cc[n+]2CC)=C2C=CC1=N2. The van der Waals surface area contributed by atoms with E-state index in [2.05, 4.69) is 190 Å². The fourth-order valence-electron chi connectivity index (χ4n) is 9.06. The molecular weight excluding hydrogens is 745 g/mol. The fraction of sp³-hybridized carbons (Fsp3) is 0.333. The second-order valence-corrected chi connectivity index (χ2v) is 15.1. The predicted molar refractivity (Wildman–Crippen MR) is 238 cm³/mol. The highest BCUT2D eigenvalue weighted by Gasteiger charge is 2.37. The number of rotatable bonds is 12. The fourth-order valence-corrected chi connectivity index (χ4v) is 9.06. The van der Waals surface area contributed by atoms with E-state index in [1.54, 1.807) is 0 Å². The van der Waals surface area contributed by atoms with Crippen LogP contribution in [-0.2, 0) is 52.4 Å². The van der Waals surface area contributed by atoms with Crippen molar-refractivity contribution in [2.75, 3.05) is 0 Å². The van der Waals surface area contributed by atoms with Crippen LogP contribution in [0.2, 0.25) is 0 Å². The quantitative estimate of drug-likeness (QED) is 0.153. The minimum atomic E-state index is 0.807. The van der Waals surface area contributed by atoms with Crippen molar-refractivity contribution in [3.63, 3.8) is 0 Å². The maximum absolute atomic E-state index is 5.59. The van der Waals surface area contributed by atoms with E-state index < -0.39 is 0 Å². The highest BCUT2D eigenvalue weighted by atomic mass is 15.2. The minimum absolute atomic E-state index is 0.807. The maximum Gasteiger partial charge on any atom is 0.293 e. The van der Waals surface area contributed by atoms with Crippen LogP contribution in [0.1, 0.15) is 78.7 Å². The van der Waals surface area contributed by atoms with Gasteiger partial charge in [0.2, 0.25) is 0 Å². The molecule has 9 heterocycles. The lowest BCUT2D eigenvalue weighted by Gasteiger charge is -2.11. The molecule has 12 heteroatoms. The first kappa shape index (κ1) is 38.9. The first-order chi connectivity index (χ1) is 29.4. The topological polar surface area (TPSA) is 84.7 Å². The van der Waals surface area contributed by atoms with E-state index >= 15 is 0 Å². The van der Waals surface area contributed by atoms with Crippen molar-refractivity contribution in [2.45, 2.75) is 108 Å². The van der Waals surface area contributed by atoms with Gasteiger partial charge in [-0.05, 0) is 104 Å². The van der Waals surface area contributed by atoms with Gasteiger partial charge in [0.25, 0.3) is 23.3 Å². The molecule has 0 amide bonds. The van der Waals surface area contributed by atoms with Crippen LogP contribution in [0.5, 0.6) is 0 Å². The van der Waals surface area contributed by atoms with Crippen molar-refractivity contribution in [1.82, 2.24) is 18.3 Å². The lowest BCUT2D eigenvalue weighted by Crippen LogP contribution is -2.37. The van der Waals surface area contributed by atoms with Gasteiger partial charge in [0.1, 0.15) is 71.9 Å². The standard InChI is InChI=1S/C48H56N12/c1-9-53-25-26-54(10-2)45(53)41-33-17-19-35(49-33)42(46-55(11-3)27-28-56(46)12-4)37-21-23-39(51-37)44(48-59(15-7)31-32-60(48)16-8)40-24-22-38(52-40)43(36-20-18-34(41)50-36)47-57(13-5)29-30-58(47)14-6/h17-32H,9-16H2,1-8H3/q+4. The molecule has 0 unspecified atom stereocenters. The Morgan fingerprint density at radius 2 is 0.550 bits per heavy atom. The van der Waals surface area contributed by atoms with E-state index in [4.69, 9.17) is 20.0 Å². The molecule has 304 valence electrons. The molecule has 0 aliphatic carbocycles. The Hall–Kier alpha value is -6.56. The van der Waals surface area contributed by atoms with Crippen LogP contribution in [0.25, 0.3) is 22.3 Å². The largest absolute Gasteiger partial charge is 0.293 e.